The maximum atomic E-state index is 12.5. The van der Waals surface area contributed by atoms with Crippen LogP contribution in [0.1, 0.15) is 12.0 Å². The van der Waals surface area contributed by atoms with Crippen molar-refractivity contribution in [3.8, 4) is 0 Å². The molecule has 2 N–H and O–H groups in total. The Morgan fingerprint density at radius 1 is 1.42 bits per heavy atom. The molecule has 2 aliphatic rings. The van der Waals surface area contributed by atoms with Crippen LogP contribution >= 0.6 is 0 Å². The highest BCUT2D eigenvalue weighted by atomic mass is 16.3. The van der Waals surface area contributed by atoms with Crippen LogP contribution in [0.25, 0.3) is 0 Å². The van der Waals surface area contributed by atoms with Crippen molar-refractivity contribution in [2.45, 2.75) is 12.8 Å². The summed E-state index contributed by atoms with van der Waals surface area (Å²) in [5, 5.41) is 12.5. The van der Waals surface area contributed by atoms with Gasteiger partial charge in [-0.05, 0) is 24.5 Å². The minimum Gasteiger partial charge on any atom is -0.396 e. The van der Waals surface area contributed by atoms with Crippen molar-refractivity contribution in [1.82, 2.24) is 4.90 Å². The van der Waals surface area contributed by atoms with E-state index in [9.17, 15) is 4.79 Å². The lowest BCUT2D eigenvalue weighted by molar-refractivity contribution is -0.134. The highest BCUT2D eigenvalue weighted by Gasteiger charge is 2.32. The number of hydrogen-bond acceptors (Lipinski definition) is 3. The number of rotatable bonds is 2. The van der Waals surface area contributed by atoms with Gasteiger partial charge in [0.05, 0.1) is 5.92 Å². The van der Waals surface area contributed by atoms with E-state index in [1.54, 1.807) is 0 Å². The number of fused-ring (bicyclic) bond motifs is 1. The van der Waals surface area contributed by atoms with Gasteiger partial charge >= 0.3 is 0 Å². The molecule has 2 aliphatic heterocycles. The van der Waals surface area contributed by atoms with Gasteiger partial charge in [-0.3, -0.25) is 4.79 Å². The van der Waals surface area contributed by atoms with Crippen molar-refractivity contribution >= 4 is 11.6 Å². The van der Waals surface area contributed by atoms with Crippen molar-refractivity contribution in [3.63, 3.8) is 0 Å². The van der Waals surface area contributed by atoms with Gasteiger partial charge in [-0.2, -0.15) is 0 Å². The van der Waals surface area contributed by atoms with Crippen LogP contribution in [0, 0.1) is 11.8 Å². The van der Waals surface area contributed by atoms with Gasteiger partial charge in [0, 0.05) is 37.8 Å². The summed E-state index contributed by atoms with van der Waals surface area (Å²) in [4.78, 5) is 14.4. The summed E-state index contributed by atoms with van der Waals surface area (Å²) in [6, 6.07) is 8.18. The number of benzene rings is 1. The smallest absolute Gasteiger partial charge is 0.227 e. The van der Waals surface area contributed by atoms with Crippen LogP contribution < -0.4 is 5.32 Å². The van der Waals surface area contributed by atoms with Crippen LogP contribution in [-0.4, -0.2) is 42.2 Å². The molecule has 0 saturated carbocycles. The van der Waals surface area contributed by atoms with E-state index in [0.717, 1.165) is 31.6 Å². The number of nitrogens with zero attached hydrogens (tertiary/aromatic N) is 1. The summed E-state index contributed by atoms with van der Waals surface area (Å²) < 4.78 is 0. The summed E-state index contributed by atoms with van der Waals surface area (Å²) in [7, 11) is 0. The molecule has 4 heteroatoms. The fourth-order valence-electron chi connectivity index (χ4n) is 3.06. The SMILES string of the molecule is O=C(C1CNc2ccccc2C1)N1CCC(CO)C1. The molecule has 0 bridgehead atoms. The van der Waals surface area contributed by atoms with Crippen LogP contribution in [-0.2, 0) is 11.2 Å². The van der Waals surface area contributed by atoms with Crippen LogP contribution in [0.3, 0.4) is 0 Å². The Bertz CT molecular complexity index is 475. The third-order valence-corrected chi connectivity index (χ3v) is 4.23. The van der Waals surface area contributed by atoms with E-state index in [-0.39, 0.29) is 24.3 Å². The number of carbonyl (C=O) groups excluding carboxylic acids is 1. The molecule has 0 aliphatic carbocycles. The number of nitrogens with one attached hydrogen (secondary N) is 1. The van der Waals surface area contributed by atoms with Gasteiger partial charge in [-0.1, -0.05) is 18.2 Å². The zero-order chi connectivity index (χ0) is 13.2. The average molecular weight is 260 g/mol. The Balaban J connectivity index is 1.66. The quantitative estimate of drug-likeness (QED) is 0.837. The minimum atomic E-state index is 0.0346. The second-order valence-corrected chi connectivity index (χ2v) is 5.56. The second kappa shape index (κ2) is 5.21. The molecule has 0 radical (unpaired) electrons. The van der Waals surface area contributed by atoms with Crippen molar-refractivity contribution in [2.75, 3.05) is 31.6 Å². The average Bonchev–Trinajstić information content (AvgIpc) is 2.95. The van der Waals surface area contributed by atoms with E-state index < -0.39 is 0 Å². The predicted octanol–water partition coefficient (Wildman–Crippen LogP) is 1.11. The molecule has 2 heterocycles. The molecule has 0 aromatic heterocycles. The normalized spacial score (nSPS) is 25.8. The number of anilines is 1. The van der Waals surface area contributed by atoms with Crippen LogP contribution in [0.4, 0.5) is 5.69 Å². The standard InChI is InChI=1S/C15H20N2O2/c18-10-11-5-6-17(9-11)15(19)13-7-12-3-1-2-4-14(12)16-8-13/h1-4,11,13,16,18H,5-10H2. The molecule has 1 aromatic carbocycles. The van der Waals surface area contributed by atoms with Crippen molar-refractivity contribution in [2.24, 2.45) is 11.8 Å². The lowest BCUT2D eigenvalue weighted by Gasteiger charge is -2.28. The van der Waals surface area contributed by atoms with Gasteiger partial charge in [-0.25, -0.2) is 0 Å². The summed E-state index contributed by atoms with van der Waals surface area (Å²) >= 11 is 0. The van der Waals surface area contributed by atoms with Crippen LogP contribution in [0.2, 0.25) is 0 Å². The zero-order valence-electron chi connectivity index (χ0n) is 11.0. The molecule has 1 aromatic rings. The number of amides is 1. The maximum absolute atomic E-state index is 12.5. The molecule has 19 heavy (non-hydrogen) atoms. The largest absolute Gasteiger partial charge is 0.396 e. The molecule has 3 rings (SSSR count). The monoisotopic (exact) mass is 260 g/mol. The fraction of sp³-hybridized carbons (Fsp3) is 0.533. The maximum Gasteiger partial charge on any atom is 0.227 e. The molecule has 102 valence electrons. The molecular formula is C15H20N2O2. The first-order chi connectivity index (χ1) is 9.28. The summed E-state index contributed by atoms with van der Waals surface area (Å²) in [6.07, 6.45) is 1.75. The van der Waals surface area contributed by atoms with Gasteiger partial charge < -0.3 is 15.3 Å². The van der Waals surface area contributed by atoms with E-state index in [1.165, 1.54) is 5.56 Å². The number of aliphatic hydroxyl groups is 1. The highest BCUT2D eigenvalue weighted by molar-refractivity contribution is 5.81. The van der Waals surface area contributed by atoms with Crippen LogP contribution in [0.5, 0.6) is 0 Å². The topological polar surface area (TPSA) is 52.6 Å². The first-order valence-electron chi connectivity index (χ1n) is 6.99. The molecular weight excluding hydrogens is 240 g/mol. The summed E-state index contributed by atoms with van der Waals surface area (Å²) in [5.74, 6) is 0.540. The number of carbonyl (C=O) groups is 1. The highest BCUT2D eigenvalue weighted by Crippen LogP contribution is 2.27. The lowest BCUT2D eigenvalue weighted by Crippen LogP contribution is -2.40. The third-order valence-electron chi connectivity index (χ3n) is 4.23. The number of aliphatic hydroxyl groups excluding tert-OH is 1. The van der Waals surface area contributed by atoms with E-state index >= 15 is 0 Å². The molecule has 0 spiro atoms. The summed E-state index contributed by atoms with van der Waals surface area (Å²) in [6.45, 7) is 2.42. The lowest BCUT2D eigenvalue weighted by atomic mass is 9.93. The van der Waals surface area contributed by atoms with Gasteiger partial charge in [0.15, 0.2) is 0 Å². The number of hydrogen-bond donors (Lipinski definition) is 2. The third kappa shape index (κ3) is 2.45. The minimum absolute atomic E-state index is 0.0346. The fourth-order valence-corrected chi connectivity index (χ4v) is 3.06. The first kappa shape index (κ1) is 12.5. The Morgan fingerprint density at radius 2 is 2.26 bits per heavy atom. The Morgan fingerprint density at radius 3 is 3.05 bits per heavy atom. The summed E-state index contributed by atoms with van der Waals surface area (Å²) in [5.41, 5.74) is 2.38. The van der Waals surface area contributed by atoms with Gasteiger partial charge in [0.1, 0.15) is 0 Å². The number of para-hydroxylation sites is 1. The molecule has 1 amide bonds. The van der Waals surface area contributed by atoms with E-state index in [0.29, 0.717) is 6.54 Å². The van der Waals surface area contributed by atoms with E-state index in [1.807, 2.05) is 17.0 Å². The van der Waals surface area contributed by atoms with Crippen molar-refractivity contribution < 1.29 is 9.90 Å². The first-order valence-corrected chi connectivity index (χ1v) is 6.99. The Hall–Kier alpha value is -1.55. The predicted molar refractivity (Wildman–Crippen MR) is 73.9 cm³/mol. The molecule has 4 nitrogen and oxygen atoms in total. The molecule has 2 unspecified atom stereocenters. The Labute approximate surface area is 113 Å². The van der Waals surface area contributed by atoms with E-state index in [2.05, 4.69) is 17.4 Å². The van der Waals surface area contributed by atoms with E-state index in [4.69, 9.17) is 5.11 Å². The Kier molecular flexibility index (Phi) is 3.42. The van der Waals surface area contributed by atoms with Crippen LogP contribution in [0.15, 0.2) is 24.3 Å². The molecule has 1 fully saturated rings. The second-order valence-electron chi connectivity index (χ2n) is 5.56. The van der Waals surface area contributed by atoms with Gasteiger partial charge in [0.2, 0.25) is 5.91 Å². The van der Waals surface area contributed by atoms with Gasteiger partial charge in [-0.15, -0.1) is 0 Å². The number of likely N-dealkylation sites (tertiary alicyclic amines) is 1. The van der Waals surface area contributed by atoms with Crippen molar-refractivity contribution in [3.05, 3.63) is 29.8 Å². The van der Waals surface area contributed by atoms with Gasteiger partial charge in [0.25, 0.3) is 0 Å². The molecule has 1 saturated heterocycles. The molecule has 2 atom stereocenters. The zero-order valence-corrected chi connectivity index (χ0v) is 11.0. The van der Waals surface area contributed by atoms with Crippen molar-refractivity contribution in [1.29, 1.82) is 0 Å².